The van der Waals surface area contributed by atoms with Crippen LogP contribution in [-0.2, 0) is 4.74 Å². The van der Waals surface area contributed by atoms with Crippen LogP contribution in [0.2, 0.25) is 0 Å². The highest BCUT2D eigenvalue weighted by Crippen LogP contribution is 2.23. The summed E-state index contributed by atoms with van der Waals surface area (Å²) in [5, 5.41) is 3.45. The van der Waals surface area contributed by atoms with E-state index in [1.165, 1.54) is 19.3 Å². The summed E-state index contributed by atoms with van der Waals surface area (Å²) in [5.74, 6) is 0. The van der Waals surface area contributed by atoms with Crippen molar-refractivity contribution in [2.24, 2.45) is 5.41 Å². The summed E-state index contributed by atoms with van der Waals surface area (Å²) in [6.45, 7) is 13.4. The van der Waals surface area contributed by atoms with E-state index in [4.69, 9.17) is 4.74 Å². The van der Waals surface area contributed by atoms with E-state index in [2.05, 4.69) is 45.0 Å². The Labute approximate surface area is 113 Å². The monoisotopic (exact) mass is 256 g/mol. The van der Waals surface area contributed by atoms with Gasteiger partial charge in [-0.05, 0) is 31.8 Å². The second-order valence-electron chi connectivity index (χ2n) is 6.65. The van der Waals surface area contributed by atoms with E-state index in [1.54, 1.807) is 0 Å². The summed E-state index contributed by atoms with van der Waals surface area (Å²) in [5.41, 5.74) is 0.446. The van der Waals surface area contributed by atoms with Crippen molar-refractivity contribution in [2.45, 2.75) is 59.1 Å². The van der Waals surface area contributed by atoms with Crippen LogP contribution in [0.3, 0.4) is 0 Å². The van der Waals surface area contributed by atoms with E-state index in [0.717, 1.165) is 26.2 Å². The van der Waals surface area contributed by atoms with E-state index < -0.39 is 0 Å². The van der Waals surface area contributed by atoms with Crippen LogP contribution in [0.25, 0.3) is 0 Å². The van der Waals surface area contributed by atoms with E-state index in [0.29, 0.717) is 17.6 Å². The number of nitrogens with one attached hydrogen (secondary N) is 1. The third-order valence-electron chi connectivity index (χ3n) is 3.89. The fourth-order valence-corrected chi connectivity index (χ4v) is 2.63. The minimum atomic E-state index is 0.365. The maximum atomic E-state index is 5.94. The van der Waals surface area contributed by atoms with Gasteiger partial charge in [-0.2, -0.15) is 0 Å². The van der Waals surface area contributed by atoms with Crippen LogP contribution in [0, 0.1) is 5.41 Å². The Morgan fingerprint density at radius 1 is 1.39 bits per heavy atom. The summed E-state index contributed by atoms with van der Waals surface area (Å²) >= 11 is 0. The van der Waals surface area contributed by atoms with Crippen LogP contribution < -0.4 is 5.32 Å². The first-order valence-electron chi connectivity index (χ1n) is 7.47. The largest absolute Gasteiger partial charge is 0.374 e. The maximum absolute atomic E-state index is 5.94. The third kappa shape index (κ3) is 5.68. The highest BCUT2D eigenvalue weighted by Gasteiger charge is 2.26. The number of hydrogen-bond acceptors (Lipinski definition) is 3. The molecular weight excluding hydrogens is 224 g/mol. The molecule has 0 bridgehead atoms. The van der Waals surface area contributed by atoms with Gasteiger partial charge in [-0.25, -0.2) is 0 Å². The smallest absolute Gasteiger partial charge is 0.0855 e. The van der Waals surface area contributed by atoms with Gasteiger partial charge in [0.25, 0.3) is 0 Å². The van der Waals surface area contributed by atoms with Crippen LogP contribution in [0.4, 0.5) is 0 Å². The second kappa shape index (κ2) is 7.46. The average molecular weight is 256 g/mol. The van der Waals surface area contributed by atoms with E-state index in [1.807, 2.05) is 0 Å². The first-order valence-corrected chi connectivity index (χ1v) is 7.47. The van der Waals surface area contributed by atoms with E-state index in [-0.39, 0.29) is 0 Å². The summed E-state index contributed by atoms with van der Waals surface area (Å²) in [6, 6.07) is 0.502. The summed E-state index contributed by atoms with van der Waals surface area (Å²) in [4.78, 5) is 2.49. The molecule has 3 heteroatoms. The zero-order chi connectivity index (χ0) is 13.6. The molecule has 2 atom stereocenters. The lowest BCUT2D eigenvalue weighted by molar-refractivity contribution is -0.0455. The van der Waals surface area contributed by atoms with Crippen LogP contribution >= 0.6 is 0 Å². The Kier molecular flexibility index (Phi) is 6.61. The van der Waals surface area contributed by atoms with Crippen LogP contribution in [0.1, 0.15) is 47.0 Å². The highest BCUT2D eigenvalue weighted by molar-refractivity contribution is 4.82. The van der Waals surface area contributed by atoms with Crippen LogP contribution in [0.5, 0.6) is 0 Å². The number of morpholine rings is 1. The lowest BCUT2D eigenvalue weighted by Gasteiger charge is -2.36. The van der Waals surface area contributed by atoms with Crippen molar-refractivity contribution in [1.82, 2.24) is 10.2 Å². The Balaban J connectivity index is 2.35. The molecule has 0 aliphatic carbocycles. The standard InChI is InChI=1S/C15H32N2O/c1-6-17-10-11-18-14(12-17)13(16-5)8-7-9-15(2,3)4/h13-14,16H,6-12H2,1-5H3. The Bertz CT molecular complexity index is 225. The van der Waals surface area contributed by atoms with Crippen molar-refractivity contribution in [1.29, 1.82) is 0 Å². The number of rotatable bonds is 6. The molecule has 0 spiro atoms. The van der Waals surface area contributed by atoms with Crippen LogP contribution in [0.15, 0.2) is 0 Å². The van der Waals surface area contributed by atoms with Gasteiger partial charge in [0.05, 0.1) is 12.7 Å². The quantitative estimate of drug-likeness (QED) is 0.790. The fraction of sp³-hybridized carbons (Fsp3) is 1.00. The SMILES string of the molecule is CCN1CCOC(C(CCCC(C)(C)C)NC)C1. The molecule has 0 saturated carbocycles. The molecule has 0 aromatic rings. The van der Waals surface area contributed by atoms with Gasteiger partial charge in [0.1, 0.15) is 0 Å². The Morgan fingerprint density at radius 2 is 2.11 bits per heavy atom. The predicted molar refractivity (Wildman–Crippen MR) is 78.0 cm³/mol. The van der Waals surface area contributed by atoms with Gasteiger partial charge in [-0.1, -0.05) is 34.1 Å². The molecule has 0 amide bonds. The topological polar surface area (TPSA) is 24.5 Å². The second-order valence-corrected chi connectivity index (χ2v) is 6.65. The van der Waals surface area contributed by atoms with Crippen molar-refractivity contribution < 1.29 is 4.74 Å². The zero-order valence-electron chi connectivity index (χ0n) is 13.0. The molecule has 1 N–H and O–H groups in total. The summed E-state index contributed by atoms with van der Waals surface area (Å²) in [7, 11) is 2.07. The molecule has 18 heavy (non-hydrogen) atoms. The highest BCUT2D eigenvalue weighted by atomic mass is 16.5. The van der Waals surface area contributed by atoms with Gasteiger partial charge in [-0.15, -0.1) is 0 Å². The molecule has 0 aromatic carbocycles. The number of likely N-dealkylation sites (N-methyl/N-ethyl adjacent to an activating group) is 2. The minimum absolute atomic E-state index is 0.365. The van der Waals surface area contributed by atoms with Crippen molar-refractivity contribution in [3.8, 4) is 0 Å². The first kappa shape index (κ1) is 15.9. The van der Waals surface area contributed by atoms with Crippen LogP contribution in [-0.4, -0.2) is 50.3 Å². The summed E-state index contributed by atoms with van der Waals surface area (Å²) < 4.78 is 5.94. The normalized spacial score (nSPS) is 24.2. The van der Waals surface area contributed by atoms with Crippen molar-refractivity contribution in [3.63, 3.8) is 0 Å². The molecule has 0 radical (unpaired) electrons. The van der Waals surface area contributed by atoms with Gasteiger partial charge in [0.2, 0.25) is 0 Å². The van der Waals surface area contributed by atoms with E-state index >= 15 is 0 Å². The van der Waals surface area contributed by atoms with Crippen molar-refractivity contribution >= 4 is 0 Å². The first-order chi connectivity index (χ1) is 8.46. The number of nitrogens with zero attached hydrogens (tertiary/aromatic N) is 1. The van der Waals surface area contributed by atoms with Gasteiger partial charge < -0.3 is 10.1 Å². The Morgan fingerprint density at radius 3 is 2.67 bits per heavy atom. The van der Waals surface area contributed by atoms with Crippen molar-refractivity contribution in [3.05, 3.63) is 0 Å². The van der Waals surface area contributed by atoms with Crippen molar-refractivity contribution in [2.75, 3.05) is 33.3 Å². The molecule has 0 aromatic heterocycles. The van der Waals surface area contributed by atoms with E-state index in [9.17, 15) is 0 Å². The fourth-order valence-electron chi connectivity index (χ4n) is 2.63. The summed E-state index contributed by atoms with van der Waals surface area (Å²) in [6.07, 6.45) is 4.15. The molecule has 1 saturated heterocycles. The van der Waals surface area contributed by atoms with Gasteiger partial charge in [0, 0.05) is 19.1 Å². The van der Waals surface area contributed by atoms with Gasteiger partial charge in [0.15, 0.2) is 0 Å². The molecule has 1 rings (SSSR count). The maximum Gasteiger partial charge on any atom is 0.0855 e. The van der Waals surface area contributed by atoms with Gasteiger partial charge >= 0.3 is 0 Å². The number of hydrogen-bond donors (Lipinski definition) is 1. The van der Waals surface area contributed by atoms with Gasteiger partial charge in [-0.3, -0.25) is 4.90 Å². The molecule has 1 aliphatic rings. The zero-order valence-corrected chi connectivity index (χ0v) is 13.0. The minimum Gasteiger partial charge on any atom is -0.374 e. The molecule has 1 fully saturated rings. The molecule has 3 nitrogen and oxygen atoms in total. The Hall–Kier alpha value is -0.120. The molecule has 108 valence electrons. The lowest BCUT2D eigenvalue weighted by atomic mass is 9.88. The molecule has 1 heterocycles. The molecular formula is C15H32N2O. The third-order valence-corrected chi connectivity index (χ3v) is 3.89. The molecule has 2 unspecified atom stereocenters. The average Bonchev–Trinajstić information content (AvgIpc) is 2.33. The molecule has 1 aliphatic heterocycles. The lowest BCUT2D eigenvalue weighted by Crippen LogP contribution is -2.51. The predicted octanol–water partition coefficient (Wildman–Crippen LogP) is 2.51. The number of ether oxygens (including phenoxy) is 1.